The van der Waals surface area contributed by atoms with E-state index in [4.69, 9.17) is 0 Å². The van der Waals surface area contributed by atoms with Gasteiger partial charge in [0, 0.05) is 13.1 Å². The van der Waals surface area contributed by atoms with Crippen LogP contribution in [0.5, 0.6) is 0 Å². The van der Waals surface area contributed by atoms with Crippen molar-refractivity contribution in [1.29, 1.82) is 0 Å². The van der Waals surface area contributed by atoms with Crippen molar-refractivity contribution in [3.05, 3.63) is 59.7 Å². The minimum absolute atomic E-state index is 0.185. The molecule has 4 rings (SSSR count). The molecule has 2 aromatic rings. The maximum absolute atomic E-state index is 12.9. The monoisotopic (exact) mass is 384 g/mol. The normalized spacial score (nSPS) is 18.4. The van der Waals surface area contributed by atoms with E-state index in [0.29, 0.717) is 29.9 Å². The molecule has 1 saturated heterocycles. The lowest BCUT2D eigenvalue weighted by Gasteiger charge is -2.20. The predicted molar refractivity (Wildman–Crippen MR) is 101 cm³/mol. The Morgan fingerprint density at radius 1 is 0.704 bits per heavy atom. The summed E-state index contributed by atoms with van der Waals surface area (Å²) in [5.41, 5.74) is 1.10. The van der Waals surface area contributed by atoms with Crippen molar-refractivity contribution in [2.24, 2.45) is 0 Å². The van der Waals surface area contributed by atoms with Crippen LogP contribution < -0.4 is 4.90 Å². The largest absolute Gasteiger partial charge is 0.268 e. The molecule has 2 amide bonds. The summed E-state index contributed by atoms with van der Waals surface area (Å²) in [5.74, 6) is -0.780. The molecule has 2 heterocycles. The second-order valence-electron chi connectivity index (χ2n) is 6.80. The van der Waals surface area contributed by atoms with Gasteiger partial charge in [-0.3, -0.25) is 9.59 Å². The number of carbonyl (C=O) groups is 2. The summed E-state index contributed by atoms with van der Waals surface area (Å²) in [6.07, 6.45) is 3.83. The fourth-order valence-electron chi connectivity index (χ4n) is 3.62. The lowest BCUT2D eigenvalue weighted by Crippen LogP contribution is -2.32. The van der Waals surface area contributed by atoms with Crippen LogP contribution in [0.2, 0.25) is 0 Å². The molecule has 0 spiro atoms. The topological polar surface area (TPSA) is 74.8 Å². The van der Waals surface area contributed by atoms with Crippen LogP contribution in [0.1, 0.15) is 46.4 Å². The van der Waals surface area contributed by atoms with Crippen molar-refractivity contribution in [2.75, 3.05) is 18.0 Å². The van der Waals surface area contributed by atoms with Gasteiger partial charge in [0.25, 0.3) is 11.8 Å². The minimum Gasteiger partial charge on any atom is -0.268 e. The van der Waals surface area contributed by atoms with Gasteiger partial charge in [-0.2, -0.15) is 4.31 Å². The van der Waals surface area contributed by atoms with Crippen LogP contribution in [0.3, 0.4) is 0 Å². The number of nitrogens with zero attached hydrogens (tertiary/aromatic N) is 2. The van der Waals surface area contributed by atoms with Crippen LogP contribution in [0.15, 0.2) is 53.4 Å². The molecule has 2 aromatic carbocycles. The second kappa shape index (κ2) is 6.90. The average Bonchev–Trinajstić information content (AvgIpc) is 2.88. The van der Waals surface area contributed by atoms with Crippen molar-refractivity contribution in [1.82, 2.24) is 4.31 Å². The Hall–Kier alpha value is -2.51. The molecule has 6 nitrogen and oxygen atoms in total. The van der Waals surface area contributed by atoms with E-state index < -0.39 is 21.8 Å². The third-order valence-corrected chi connectivity index (χ3v) is 7.00. The first-order valence-corrected chi connectivity index (χ1v) is 10.5. The van der Waals surface area contributed by atoms with Gasteiger partial charge in [0.05, 0.1) is 21.7 Å². The maximum Gasteiger partial charge on any atom is 0.266 e. The van der Waals surface area contributed by atoms with E-state index in [0.717, 1.165) is 30.6 Å². The van der Waals surface area contributed by atoms with E-state index in [1.165, 1.54) is 28.6 Å². The van der Waals surface area contributed by atoms with Crippen LogP contribution in [0, 0.1) is 0 Å². The number of imide groups is 1. The Kier molecular flexibility index (Phi) is 4.57. The molecule has 2 aliphatic rings. The summed E-state index contributed by atoms with van der Waals surface area (Å²) < 4.78 is 27.2. The third kappa shape index (κ3) is 3.07. The average molecular weight is 384 g/mol. The van der Waals surface area contributed by atoms with Gasteiger partial charge in [-0.15, -0.1) is 0 Å². The quantitative estimate of drug-likeness (QED) is 0.763. The van der Waals surface area contributed by atoms with Crippen LogP contribution in [-0.4, -0.2) is 37.6 Å². The number of anilines is 1. The Balaban J connectivity index is 1.62. The lowest BCUT2D eigenvalue weighted by molar-refractivity contribution is 0.0926. The summed E-state index contributed by atoms with van der Waals surface area (Å²) in [5, 5.41) is 0. The Labute approximate surface area is 158 Å². The van der Waals surface area contributed by atoms with E-state index in [9.17, 15) is 18.0 Å². The van der Waals surface area contributed by atoms with E-state index in [2.05, 4.69) is 0 Å². The van der Waals surface area contributed by atoms with Gasteiger partial charge in [0.1, 0.15) is 0 Å². The molecular formula is C20H20N2O4S. The molecule has 0 atom stereocenters. The van der Waals surface area contributed by atoms with Gasteiger partial charge in [-0.1, -0.05) is 25.0 Å². The summed E-state index contributed by atoms with van der Waals surface area (Å²) in [6.45, 7) is 1.06. The van der Waals surface area contributed by atoms with Gasteiger partial charge >= 0.3 is 0 Å². The highest BCUT2D eigenvalue weighted by molar-refractivity contribution is 7.89. The Morgan fingerprint density at radius 3 is 1.74 bits per heavy atom. The zero-order valence-corrected chi connectivity index (χ0v) is 15.6. The fourth-order valence-corrected chi connectivity index (χ4v) is 5.14. The first kappa shape index (κ1) is 17.9. The molecule has 0 N–H and O–H groups in total. The van der Waals surface area contributed by atoms with Crippen molar-refractivity contribution in [3.63, 3.8) is 0 Å². The third-order valence-electron chi connectivity index (χ3n) is 5.09. The number of fused-ring (bicyclic) bond motifs is 1. The SMILES string of the molecule is O=C1c2ccccc2C(=O)N1c1ccc(S(=O)(=O)N2CCCCCC2)cc1. The first-order chi connectivity index (χ1) is 13.0. The predicted octanol–water partition coefficient (Wildman–Crippen LogP) is 3.05. The van der Waals surface area contributed by atoms with Crippen molar-refractivity contribution < 1.29 is 18.0 Å². The number of hydrogen-bond donors (Lipinski definition) is 0. The summed E-state index contributed by atoms with van der Waals surface area (Å²) in [4.78, 5) is 26.4. The van der Waals surface area contributed by atoms with Crippen LogP contribution in [0.25, 0.3) is 0 Å². The Bertz CT molecular complexity index is 956. The van der Waals surface area contributed by atoms with Crippen LogP contribution in [-0.2, 0) is 10.0 Å². The summed E-state index contributed by atoms with van der Waals surface area (Å²) >= 11 is 0. The zero-order valence-electron chi connectivity index (χ0n) is 14.8. The summed E-state index contributed by atoms with van der Waals surface area (Å²) in [7, 11) is -3.56. The van der Waals surface area contributed by atoms with Crippen LogP contribution in [0.4, 0.5) is 5.69 Å². The van der Waals surface area contributed by atoms with Crippen molar-refractivity contribution in [3.8, 4) is 0 Å². The molecule has 7 heteroatoms. The molecule has 0 unspecified atom stereocenters. The van der Waals surface area contributed by atoms with Gasteiger partial charge in [-0.05, 0) is 49.2 Å². The van der Waals surface area contributed by atoms with E-state index in [1.807, 2.05) is 0 Å². The van der Waals surface area contributed by atoms with Gasteiger partial charge < -0.3 is 0 Å². The highest BCUT2D eigenvalue weighted by Gasteiger charge is 2.36. The molecular weight excluding hydrogens is 364 g/mol. The second-order valence-corrected chi connectivity index (χ2v) is 8.74. The number of carbonyl (C=O) groups excluding carboxylic acids is 2. The number of rotatable bonds is 3. The number of sulfonamides is 1. The minimum atomic E-state index is -3.56. The van der Waals surface area contributed by atoms with Gasteiger partial charge in [0.2, 0.25) is 10.0 Å². The summed E-state index contributed by atoms with van der Waals surface area (Å²) in [6, 6.07) is 12.6. The molecule has 0 aromatic heterocycles. The smallest absolute Gasteiger partial charge is 0.266 e. The fraction of sp³-hybridized carbons (Fsp3) is 0.300. The maximum atomic E-state index is 12.9. The highest BCUT2D eigenvalue weighted by atomic mass is 32.2. The molecule has 1 fully saturated rings. The van der Waals surface area contributed by atoms with E-state index >= 15 is 0 Å². The zero-order chi connectivity index (χ0) is 19.0. The molecule has 0 aliphatic carbocycles. The van der Waals surface area contributed by atoms with E-state index in [-0.39, 0.29) is 4.90 Å². The van der Waals surface area contributed by atoms with Crippen molar-refractivity contribution in [2.45, 2.75) is 30.6 Å². The van der Waals surface area contributed by atoms with Crippen LogP contribution >= 0.6 is 0 Å². The lowest BCUT2D eigenvalue weighted by atomic mass is 10.1. The van der Waals surface area contributed by atoms with E-state index in [1.54, 1.807) is 24.3 Å². The first-order valence-electron chi connectivity index (χ1n) is 9.08. The standard InChI is InChI=1S/C20H20N2O4S/c23-19-17-7-3-4-8-18(17)20(24)22(19)15-9-11-16(12-10-15)27(25,26)21-13-5-1-2-6-14-21/h3-4,7-12H,1-2,5-6,13-14H2. The Morgan fingerprint density at radius 2 is 1.22 bits per heavy atom. The molecule has 0 saturated carbocycles. The van der Waals surface area contributed by atoms with Gasteiger partial charge in [-0.25, -0.2) is 13.3 Å². The highest BCUT2D eigenvalue weighted by Crippen LogP contribution is 2.29. The molecule has 140 valence electrons. The number of amides is 2. The molecule has 2 aliphatic heterocycles. The molecule has 0 bridgehead atoms. The van der Waals surface area contributed by atoms with Gasteiger partial charge in [0.15, 0.2) is 0 Å². The number of benzene rings is 2. The molecule has 0 radical (unpaired) electrons. The molecule has 27 heavy (non-hydrogen) atoms. The number of hydrogen-bond acceptors (Lipinski definition) is 4. The van der Waals surface area contributed by atoms with Crippen molar-refractivity contribution >= 4 is 27.5 Å².